The predicted molar refractivity (Wildman–Crippen MR) is 122 cm³/mol. The lowest BCUT2D eigenvalue weighted by Gasteiger charge is -2.21. The maximum absolute atomic E-state index is 13.2. The average molecular weight is 433 g/mol. The van der Waals surface area contributed by atoms with E-state index in [2.05, 4.69) is 16.3 Å². The maximum atomic E-state index is 13.2. The molecule has 0 spiro atoms. The number of hydrogen-bond acceptors (Lipinski definition) is 5. The fraction of sp³-hybridized carbons (Fsp3) is 0.174. The molecule has 3 heterocycles. The van der Waals surface area contributed by atoms with Gasteiger partial charge in [-0.3, -0.25) is 9.36 Å². The first-order valence-corrected chi connectivity index (χ1v) is 11.6. The Morgan fingerprint density at radius 1 is 1.03 bits per heavy atom. The molecule has 150 valence electrons. The van der Waals surface area contributed by atoms with E-state index >= 15 is 0 Å². The summed E-state index contributed by atoms with van der Waals surface area (Å²) in [5, 5.41) is 11.4. The van der Waals surface area contributed by atoms with Crippen LogP contribution in [-0.2, 0) is 11.2 Å². The summed E-state index contributed by atoms with van der Waals surface area (Å²) >= 11 is 3.08. The quantitative estimate of drug-likeness (QED) is 0.413. The number of anilines is 1. The minimum atomic E-state index is -0.279. The van der Waals surface area contributed by atoms with Crippen LogP contribution in [0, 0.1) is 0 Å². The van der Waals surface area contributed by atoms with Crippen molar-refractivity contribution in [1.82, 2.24) is 14.8 Å². The lowest BCUT2D eigenvalue weighted by atomic mass is 10.2. The first-order chi connectivity index (χ1) is 14.7. The molecule has 0 radical (unpaired) electrons. The van der Waals surface area contributed by atoms with Gasteiger partial charge in [0, 0.05) is 17.9 Å². The van der Waals surface area contributed by atoms with Crippen molar-refractivity contribution in [1.29, 1.82) is 0 Å². The van der Waals surface area contributed by atoms with Crippen LogP contribution in [0.25, 0.3) is 16.4 Å². The van der Waals surface area contributed by atoms with Gasteiger partial charge in [0.25, 0.3) is 0 Å². The largest absolute Gasteiger partial charge is 0.311 e. The summed E-state index contributed by atoms with van der Waals surface area (Å²) in [4.78, 5) is 16.2. The number of amides is 1. The van der Waals surface area contributed by atoms with E-state index in [1.54, 1.807) is 11.3 Å². The van der Waals surface area contributed by atoms with Crippen molar-refractivity contribution in [2.24, 2.45) is 0 Å². The van der Waals surface area contributed by atoms with Crippen LogP contribution in [0.1, 0.15) is 12.5 Å². The molecule has 2 aromatic carbocycles. The van der Waals surface area contributed by atoms with Crippen molar-refractivity contribution in [2.75, 3.05) is 11.4 Å². The van der Waals surface area contributed by atoms with E-state index in [0.29, 0.717) is 0 Å². The number of nitrogens with zero attached hydrogens (tertiary/aromatic N) is 4. The number of thiophene rings is 1. The molecule has 0 saturated heterocycles. The molecule has 5 rings (SSSR count). The molecule has 0 bridgehead atoms. The van der Waals surface area contributed by atoms with Crippen LogP contribution in [0.4, 0.5) is 5.69 Å². The zero-order chi connectivity index (χ0) is 20.5. The van der Waals surface area contributed by atoms with Crippen molar-refractivity contribution >= 4 is 34.7 Å². The Hall–Kier alpha value is -2.90. The molecule has 0 aliphatic carbocycles. The molecule has 1 amide bonds. The SMILES string of the molecule is C[C@H](Sc1nnc(-c2cccs2)n1-c1ccccc1)C(=O)N1CCc2ccccc21. The highest BCUT2D eigenvalue weighted by atomic mass is 32.2. The van der Waals surface area contributed by atoms with Gasteiger partial charge in [-0.2, -0.15) is 0 Å². The number of fused-ring (bicyclic) bond motifs is 1. The third kappa shape index (κ3) is 3.44. The Morgan fingerprint density at radius 2 is 1.83 bits per heavy atom. The first-order valence-electron chi connectivity index (χ1n) is 9.83. The molecule has 1 aliphatic rings. The Labute approximate surface area is 183 Å². The molecule has 0 saturated carbocycles. The molecule has 7 heteroatoms. The molecule has 1 atom stereocenters. The van der Waals surface area contributed by atoms with Gasteiger partial charge < -0.3 is 4.90 Å². The highest BCUT2D eigenvalue weighted by molar-refractivity contribution is 8.00. The van der Waals surface area contributed by atoms with Gasteiger partial charge in [0.2, 0.25) is 5.91 Å². The van der Waals surface area contributed by atoms with Crippen LogP contribution in [-0.4, -0.2) is 32.5 Å². The van der Waals surface area contributed by atoms with E-state index in [4.69, 9.17) is 0 Å². The number of benzene rings is 2. The highest BCUT2D eigenvalue weighted by Crippen LogP contribution is 2.34. The number of carbonyl (C=O) groups is 1. The molecule has 0 unspecified atom stereocenters. The van der Waals surface area contributed by atoms with Crippen LogP contribution in [0.5, 0.6) is 0 Å². The number of hydrogen-bond donors (Lipinski definition) is 0. The highest BCUT2D eigenvalue weighted by Gasteiger charge is 2.30. The molecule has 0 fully saturated rings. The molecule has 30 heavy (non-hydrogen) atoms. The lowest BCUT2D eigenvalue weighted by Crippen LogP contribution is -2.35. The summed E-state index contributed by atoms with van der Waals surface area (Å²) in [5.74, 6) is 0.898. The lowest BCUT2D eigenvalue weighted by molar-refractivity contribution is -0.117. The van der Waals surface area contributed by atoms with Crippen LogP contribution in [0.15, 0.2) is 77.3 Å². The van der Waals surface area contributed by atoms with E-state index in [9.17, 15) is 4.79 Å². The van der Waals surface area contributed by atoms with Crippen LogP contribution in [0.3, 0.4) is 0 Å². The van der Waals surface area contributed by atoms with Crippen LogP contribution >= 0.6 is 23.1 Å². The summed E-state index contributed by atoms with van der Waals surface area (Å²) in [7, 11) is 0. The molecule has 4 aromatic rings. The van der Waals surface area contributed by atoms with Gasteiger partial charge in [-0.15, -0.1) is 21.5 Å². The van der Waals surface area contributed by atoms with Gasteiger partial charge in [0.05, 0.1) is 10.1 Å². The summed E-state index contributed by atoms with van der Waals surface area (Å²) in [6.45, 7) is 2.68. The smallest absolute Gasteiger partial charge is 0.240 e. The standard InChI is InChI=1S/C23H20N4OS2/c1-16(22(28)26-14-13-17-8-5-6-11-19(17)26)30-23-25-24-21(20-12-7-15-29-20)27(23)18-9-3-2-4-10-18/h2-12,15-16H,13-14H2,1H3/t16-/m0/s1. The topological polar surface area (TPSA) is 51.0 Å². The first kappa shape index (κ1) is 19.1. The number of carbonyl (C=O) groups excluding carboxylic acids is 1. The Morgan fingerprint density at radius 3 is 2.63 bits per heavy atom. The van der Waals surface area contributed by atoms with Crippen molar-refractivity contribution in [2.45, 2.75) is 23.8 Å². The van der Waals surface area contributed by atoms with Gasteiger partial charge in [-0.05, 0) is 48.6 Å². The zero-order valence-electron chi connectivity index (χ0n) is 16.4. The molecular weight excluding hydrogens is 412 g/mol. The summed E-state index contributed by atoms with van der Waals surface area (Å²) in [6.07, 6.45) is 0.905. The van der Waals surface area contributed by atoms with E-state index in [-0.39, 0.29) is 11.2 Å². The number of rotatable bonds is 5. The Balaban J connectivity index is 1.46. The van der Waals surface area contributed by atoms with E-state index < -0.39 is 0 Å². The zero-order valence-corrected chi connectivity index (χ0v) is 18.1. The molecule has 2 aromatic heterocycles. The Kier molecular flexibility index (Phi) is 5.14. The van der Waals surface area contributed by atoms with Gasteiger partial charge in [-0.1, -0.05) is 54.2 Å². The second kappa shape index (κ2) is 8.08. The monoisotopic (exact) mass is 432 g/mol. The van der Waals surface area contributed by atoms with Crippen molar-refractivity contribution in [3.63, 3.8) is 0 Å². The predicted octanol–water partition coefficient (Wildman–Crippen LogP) is 5.07. The van der Waals surface area contributed by atoms with Crippen LogP contribution < -0.4 is 4.90 Å². The van der Waals surface area contributed by atoms with Crippen LogP contribution in [0.2, 0.25) is 0 Å². The molecule has 1 aliphatic heterocycles. The second-order valence-electron chi connectivity index (χ2n) is 7.08. The number of aromatic nitrogens is 3. The van der Waals surface area contributed by atoms with Gasteiger partial charge in [0.1, 0.15) is 0 Å². The van der Waals surface area contributed by atoms with Crippen molar-refractivity contribution in [3.8, 4) is 16.4 Å². The average Bonchev–Trinajstić information content (AvgIpc) is 3.53. The van der Waals surface area contributed by atoms with Gasteiger partial charge in [0.15, 0.2) is 11.0 Å². The van der Waals surface area contributed by atoms with Crippen molar-refractivity contribution < 1.29 is 4.79 Å². The van der Waals surface area contributed by atoms with E-state index in [1.165, 1.54) is 17.3 Å². The van der Waals surface area contributed by atoms with Gasteiger partial charge in [-0.25, -0.2) is 0 Å². The van der Waals surface area contributed by atoms with Crippen molar-refractivity contribution in [3.05, 3.63) is 77.7 Å². The maximum Gasteiger partial charge on any atom is 0.240 e. The normalized spacial score (nSPS) is 14.0. The number of thioether (sulfide) groups is 1. The molecular formula is C23H20N4OS2. The van der Waals surface area contributed by atoms with E-state index in [1.807, 2.05) is 82.4 Å². The summed E-state index contributed by atoms with van der Waals surface area (Å²) in [5.41, 5.74) is 3.24. The third-order valence-electron chi connectivity index (χ3n) is 5.17. The van der Waals surface area contributed by atoms with Gasteiger partial charge >= 0.3 is 0 Å². The minimum Gasteiger partial charge on any atom is -0.311 e. The second-order valence-corrected chi connectivity index (χ2v) is 9.34. The fourth-order valence-corrected chi connectivity index (χ4v) is 5.34. The van der Waals surface area contributed by atoms with E-state index in [0.717, 1.165) is 40.2 Å². The minimum absolute atomic E-state index is 0.102. The fourth-order valence-electron chi connectivity index (χ4n) is 3.72. The molecule has 0 N–H and O–H groups in total. The molecule has 5 nitrogen and oxygen atoms in total. The summed E-state index contributed by atoms with van der Waals surface area (Å²) in [6, 6.07) is 22.2. The third-order valence-corrected chi connectivity index (χ3v) is 7.07. The summed E-state index contributed by atoms with van der Waals surface area (Å²) < 4.78 is 2.04. The number of para-hydroxylation sites is 2. The Bertz CT molecular complexity index is 1170.